The fraction of sp³-hybridized carbons (Fsp3) is 0.462. The molecule has 0 heterocycles. The van der Waals surface area contributed by atoms with Gasteiger partial charge in [0.05, 0.1) is 6.61 Å². The van der Waals surface area contributed by atoms with Crippen molar-refractivity contribution in [2.45, 2.75) is 26.2 Å². The summed E-state index contributed by atoms with van der Waals surface area (Å²) in [5.74, 6) is -1.83. The van der Waals surface area contributed by atoms with Crippen LogP contribution in [-0.2, 0) is 4.79 Å². The van der Waals surface area contributed by atoms with Crippen molar-refractivity contribution in [2.24, 2.45) is 5.41 Å². The van der Waals surface area contributed by atoms with Crippen LogP contribution in [0.2, 0.25) is 0 Å². The molecule has 3 nitrogen and oxygen atoms in total. The van der Waals surface area contributed by atoms with Gasteiger partial charge in [-0.1, -0.05) is 0 Å². The van der Waals surface area contributed by atoms with E-state index in [4.69, 9.17) is 4.74 Å². The number of alkyl halides is 6. The van der Waals surface area contributed by atoms with Crippen LogP contribution < -0.4 is 10.1 Å². The van der Waals surface area contributed by atoms with Gasteiger partial charge < -0.3 is 10.1 Å². The van der Waals surface area contributed by atoms with Crippen LogP contribution in [0.4, 0.5) is 32.0 Å². The first-order valence-electron chi connectivity index (χ1n) is 6.11. The van der Waals surface area contributed by atoms with Gasteiger partial charge in [0.2, 0.25) is 11.3 Å². The summed E-state index contributed by atoms with van der Waals surface area (Å²) in [6, 6.07) is 4.93. The number of halogens is 6. The van der Waals surface area contributed by atoms with Gasteiger partial charge in [-0.3, -0.25) is 4.79 Å². The third-order valence-electron chi connectivity index (χ3n) is 3.01. The molecule has 1 aromatic rings. The van der Waals surface area contributed by atoms with Crippen molar-refractivity contribution >= 4 is 11.6 Å². The Labute approximate surface area is 122 Å². The van der Waals surface area contributed by atoms with E-state index in [0.29, 0.717) is 12.4 Å². The molecule has 0 aliphatic carbocycles. The fourth-order valence-electron chi connectivity index (χ4n) is 1.48. The normalized spacial score (nSPS) is 12.9. The van der Waals surface area contributed by atoms with Gasteiger partial charge in [0.25, 0.3) is 0 Å². The van der Waals surface area contributed by atoms with Crippen molar-refractivity contribution in [2.75, 3.05) is 11.9 Å². The largest absolute Gasteiger partial charge is 0.494 e. The van der Waals surface area contributed by atoms with Crippen LogP contribution >= 0.6 is 0 Å². The number of nitrogens with one attached hydrogen (secondary N) is 1. The molecule has 0 spiro atoms. The molecular weight excluding hydrogens is 316 g/mol. The Morgan fingerprint density at radius 1 is 1.05 bits per heavy atom. The van der Waals surface area contributed by atoms with Crippen molar-refractivity contribution in [1.82, 2.24) is 0 Å². The van der Waals surface area contributed by atoms with Gasteiger partial charge in [0, 0.05) is 5.69 Å². The first-order valence-corrected chi connectivity index (χ1v) is 6.11. The number of carbonyl (C=O) groups excluding carboxylic acids is 1. The summed E-state index contributed by atoms with van der Waals surface area (Å²) in [5.41, 5.74) is -4.70. The molecule has 0 saturated carbocycles. The molecule has 1 amide bonds. The quantitative estimate of drug-likeness (QED) is 0.843. The lowest BCUT2D eigenvalue weighted by atomic mass is 9.87. The van der Waals surface area contributed by atoms with E-state index in [2.05, 4.69) is 0 Å². The van der Waals surface area contributed by atoms with E-state index in [1.54, 1.807) is 12.2 Å². The Balaban J connectivity index is 3.02. The zero-order valence-electron chi connectivity index (χ0n) is 11.6. The minimum atomic E-state index is -5.78. The van der Waals surface area contributed by atoms with Gasteiger partial charge in [-0.05, 0) is 38.1 Å². The lowest BCUT2D eigenvalue weighted by Gasteiger charge is -2.32. The highest BCUT2D eigenvalue weighted by atomic mass is 19.4. The van der Waals surface area contributed by atoms with Gasteiger partial charge in [-0.15, -0.1) is 0 Å². The highest BCUT2D eigenvalue weighted by Gasteiger charge is 2.72. The van der Waals surface area contributed by atoms with Crippen LogP contribution in [0.1, 0.15) is 13.8 Å². The summed E-state index contributed by atoms with van der Waals surface area (Å²) < 4.78 is 81.4. The molecule has 0 aromatic heterocycles. The van der Waals surface area contributed by atoms with Gasteiger partial charge in [0.15, 0.2) is 0 Å². The predicted octanol–water partition coefficient (Wildman–Crippen LogP) is 4.15. The van der Waals surface area contributed by atoms with Crippen LogP contribution in [0.25, 0.3) is 0 Å². The monoisotopic (exact) mass is 329 g/mol. The van der Waals surface area contributed by atoms with Crippen molar-refractivity contribution in [3.05, 3.63) is 24.3 Å². The Morgan fingerprint density at radius 2 is 1.50 bits per heavy atom. The highest BCUT2D eigenvalue weighted by Crippen LogP contribution is 2.50. The first-order chi connectivity index (χ1) is 9.93. The Hall–Kier alpha value is -1.93. The number of rotatable bonds is 4. The summed E-state index contributed by atoms with van der Waals surface area (Å²) in [5, 5.41) is 1.63. The average molecular weight is 329 g/mol. The number of hydrogen-bond acceptors (Lipinski definition) is 2. The highest BCUT2D eigenvalue weighted by molar-refractivity contribution is 5.96. The maximum Gasteiger partial charge on any atom is 0.411 e. The van der Waals surface area contributed by atoms with Crippen molar-refractivity contribution in [3.63, 3.8) is 0 Å². The molecule has 0 saturated heterocycles. The zero-order valence-corrected chi connectivity index (χ0v) is 11.6. The smallest absolute Gasteiger partial charge is 0.411 e. The second kappa shape index (κ2) is 6.05. The molecule has 1 rings (SSSR count). The van der Waals surface area contributed by atoms with Gasteiger partial charge in [-0.2, -0.15) is 26.3 Å². The van der Waals surface area contributed by atoms with E-state index in [9.17, 15) is 31.1 Å². The second-order valence-electron chi connectivity index (χ2n) is 4.53. The van der Waals surface area contributed by atoms with E-state index in [0.717, 1.165) is 12.1 Å². The number of ether oxygens (including phenoxy) is 1. The molecule has 0 atom stereocenters. The topological polar surface area (TPSA) is 38.3 Å². The SMILES string of the molecule is CCOc1ccc(NC(=O)C(C)(C(F)(F)F)C(F)(F)F)cc1. The van der Waals surface area contributed by atoms with Crippen LogP contribution in [0.15, 0.2) is 24.3 Å². The maximum absolute atomic E-state index is 12.7. The molecular formula is C13H13F6NO2. The van der Waals surface area contributed by atoms with Crippen molar-refractivity contribution in [3.8, 4) is 5.75 Å². The molecule has 9 heteroatoms. The number of amides is 1. The van der Waals surface area contributed by atoms with Crippen LogP contribution in [0.5, 0.6) is 5.75 Å². The third-order valence-corrected chi connectivity index (χ3v) is 3.01. The molecule has 0 unspecified atom stereocenters. The van der Waals surface area contributed by atoms with E-state index in [1.807, 2.05) is 0 Å². The van der Waals surface area contributed by atoms with E-state index < -0.39 is 23.7 Å². The summed E-state index contributed by atoms with van der Waals surface area (Å²) in [6.45, 7) is 1.84. The lowest BCUT2D eigenvalue weighted by Crippen LogP contribution is -2.55. The first kappa shape index (κ1) is 18.1. The van der Waals surface area contributed by atoms with E-state index in [-0.39, 0.29) is 12.6 Å². The molecule has 1 N–H and O–H groups in total. The predicted molar refractivity (Wildman–Crippen MR) is 66.5 cm³/mol. The van der Waals surface area contributed by atoms with Crippen molar-refractivity contribution < 1.29 is 35.9 Å². The summed E-state index contributed by atoms with van der Waals surface area (Å²) in [4.78, 5) is 11.6. The van der Waals surface area contributed by atoms with Gasteiger partial charge in [0.1, 0.15) is 5.75 Å². The van der Waals surface area contributed by atoms with E-state index >= 15 is 0 Å². The molecule has 0 bridgehead atoms. The number of anilines is 1. The van der Waals surface area contributed by atoms with Gasteiger partial charge >= 0.3 is 12.4 Å². The average Bonchev–Trinajstić information content (AvgIpc) is 2.37. The summed E-state index contributed by atoms with van der Waals surface area (Å²) in [6.07, 6.45) is -11.6. The lowest BCUT2D eigenvalue weighted by molar-refractivity contribution is -0.317. The summed E-state index contributed by atoms with van der Waals surface area (Å²) >= 11 is 0. The van der Waals surface area contributed by atoms with Crippen LogP contribution in [0.3, 0.4) is 0 Å². The second-order valence-corrected chi connectivity index (χ2v) is 4.53. The third kappa shape index (κ3) is 3.45. The molecule has 22 heavy (non-hydrogen) atoms. The minimum Gasteiger partial charge on any atom is -0.494 e. The Kier molecular flexibility index (Phi) is 4.99. The molecule has 124 valence electrons. The van der Waals surface area contributed by atoms with Crippen LogP contribution in [-0.4, -0.2) is 24.9 Å². The summed E-state index contributed by atoms with van der Waals surface area (Å²) in [7, 11) is 0. The number of benzene rings is 1. The molecule has 0 aliphatic rings. The Bertz CT molecular complexity index is 507. The molecule has 0 radical (unpaired) electrons. The molecule has 0 fully saturated rings. The number of carbonyl (C=O) groups is 1. The molecule has 1 aromatic carbocycles. The maximum atomic E-state index is 12.7. The number of hydrogen-bond donors (Lipinski definition) is 1. The van der Waals surface area contributed by atoms with Crippen LogP contribution in [0, 0.1) is 5.41 Å². The fourth-order valence-corrected chi connectivity index (χ4v) is 1.48. The van der Waals surface area contributed by atoms with Crippen molar-refractivity contribution in [1.29, 1.82) is 0 Å². The Morgan fingerprint density at radius 3 is 1.86 bits per heavy atom. The van der Waals surface area contributed by atoms with E-state index in [1.165, 1.54) is 12.1 Å². The zero-order chi connectivity index (χ0) is 17.2. The minimum absolute atomic E-state index is 0.198. The molecule has 0 aliphatic heterocycles. The van der Waals surface area contributed by atoms with Gasteiger partial charge in [-0.25, -0.2) is 0 Å². The standard InChI is InChI=1S/C13H13F6NO2/c1-3-22-9-6-4-8(5-7-9)20-10(21)11(2,12(14,15)16)13(17,18)19/h4-7H,3H2,1-2H3,(H,20,21).